The lowest BCUT2D eigenvalue weighted by atomic mass is 9.49. The molecule has 0 bridgehead atoms. The minimum absolute atomic E-state index is 0.0344. The predicted octanol–water partition coefficient (Wildman–Crippen LogP) is 5.36. The number of aliphatic hydroxyl groups excluding tert-OH is 3. The molecule has 0 aromatic carbocycles. The van der Waals surface area contributed by atoms with Crippen LogP contribution in [0.25, 0.3) is 0 Å². The van der Waals surface area contributed by atoms with Gasteiger partial charge in [0.15, 0.2) is 0 Å². The molecule has 3 rings (SSSR count). The topological polar surface area (TPSA) is 98.0 Å². The van der Waals surface area contributed by atoms with Crippen molar-refractivity contribution in [2.75, 3.05) is 13.2 Å². The fourth-order valence-corrected chi connectivity index (χ4v) is 7.63. The molecule has 2 fully saturated rings. The lowest BCUT2D eigenvalue weighted by Gasteiger charge is -2.58. The third-order valence-electron chi connectivity index (χ3n) is 9.34. The molecule has 37 heavy (non-hydrogen) atoms. The van der Waals surface area contributed by atoms with Gasteiger partial charge in [-0.05, 0) is 108 Å². The van der Waals surface area contributed by atoms with Gasteiger partial charge in [0, 0.05) is 17.9 Å². The van der Waals surface area contributed by atoms with Gasteiger partial charge in [-0.15, -0.1) is 0 Å². The first-order valence-electron chi connectivity index (χ1n) is 14.1. The largest absolute Gasteiger partial charge is 0.396 e. The van der Waals surface area contributed by atoms with Gasteiger partial charge >= 0.3 is 0 Å². The van der Waals surface area contributed by atoms with E-state index in [4.69, 9.17) is 0 Å². The number of hydrogen-bond acceptors (Lipinski definition) is 5. The van der Waals surface area contributed by atoms with E-state index in [-0.39, 0.29) is 31.0 Å². The minimum atomic E-state index is -1.11. The Morgan fingerprint density at radius 2 is 1.97 bits per heavy atom. The van der Waals surface area contributed by atoms with E-state index in [1.54, 1.807) is 0 Å². The summed E-state index contributed by atoms with van der Waals surface area (Å²) in [4.78, 5) is 12.1. The molecule has 6 atom stereocenters. The normalized spacial score (nSPS) is 34.2. The van der Waals surface area contributed by atoms with E-state index >= 15 is 0 Å². The van der Waals surface area contributed by atoms with Crippen LogP contribution < -0.4 is 0 Å². The van der Waals surface area contributed by atoms with Crippen LogP contribution in [-0.2, 0) is 4.79 Å². The highest BCUT2D eigenvalue weighted by Crippen LogP contribution is 2.65. The van der Waals surface area contributed by atoms with Gasteiger partial charge in [0.25, 0.3) is 0 Å². The average Bonchev–Trinajstić information content (AvgIpc) is 3.19. The SMILES string of the molecule is C=C(/C=C\C=C(\CO)[C@@H]1CC[C@]2([C@@H]1O)[C@@H](CCCO)C1=C(C=O)CCC[C@H]1C[C@@]2(C)O)CCC=C(C)C. The lowest BCUT2D eigenvalue weighted by Crippen LogP contribution is -2.61. The van der Waals surface area contributed by atoms with Crippen molar-refractivity contribution in [2.24, 2.45) is 23.2 Å². The van der Waals surface area contributed by atoms with Crippen LogP contribution in [0, 0.1) is 23.2 Å². The van der Waals surface area contributed by atoms with Crippen molar-refractivity contribution in [3.05, 3.63) is 58.7 Å². The van der Waals surface area contributed by atoms with Gasteiger partial charge in [0.2, 0.25) is 0 Å². The summed E-state index contributed by atoms with van der Waals surface area (Å²) in [7, 11) is 0. The molecular weight excluding hydrogens is 464 g/mol. The highest BCUT2D eigenvalue weighted by atomic mass is 16.3. The van der Waals surface area contributed by atoms with E-state index < -0.39 is 17.1 Å². The third kappa shape index (κ3) is 6.11. The first-order valence-corrected chi connectivity index (χ1v) is 14.1. The molecule has 5 heteroatoms. The fourth-order valence-electron chi connectivity index (χ4n) is 7.63. The van der Waals surface area contributed by atoms with Crippen molar-refractivity contribution >= 4 is 6.29 Å². The molecule has 2 saturated carbocycles. The van der Waals surface area contributed by atoms with E-state index in [0.717, 1.165) is 60.7 Å². The van der Waals surface area contributed by atoms with Gasteiger partial charge in [-0.3, -0.25) is 4.79 Å². The number of allylic oxidation sites excluding steroid dienone is 8. The van der Waals surface area contributed by atoms with Crippen LogP contribution in [0.4, 0.5) is 0 Å². The van der Waals surface area contributed by atoms with Gasteiger partial charge in [-0.25, -0.2) is 0 Å². The van der Waals surface area contributed by atoms with Crippen LogP contribution >= 0.6 is 0 Å². The van der Waals surface area contributed by atoms with Gasteiger partial charge in [0.05, 0.1) is 18.3 Å². The zero-order valence-corrected chi connectivity index (χ0v) is 23.1. The molecule has 0 radical (unpaired) electrons. The summed E-state index contributed by atoms with van der Waals surface area (Å²) in [6, 6.07) is 0. The predicted molar refractivity (Wildman–Crippen MR) is 149 cm³/mol. The first-order chi connectivity index (χ1) is 17.6. The Labute approximate surface area is 223 Å². The summed E-state index contributed by atoms with van der Waals surface area (Å²) in [5.41, 5.74) is 3.05. The second-order valence-corrected chi connectivity index (χ2v) is 12.0. The second-order valence-electron chi connectivity index (χ2n) is 12.0. The molecule has 0 aromatic heterocycles. The first kappa shape index (κ1) is 29.8. The lowest BCUT2D eigenvalue weighted by molar-refractivity contribution is -0.177. The molecule has 0 aliphatic heterocycles. The molecule has 0 saturated heterocycles. The van der Waals surface area contributed by atoms with Crippen LogP contribution in [0.5, 0.6) is 0 Å². The molecule has 0 heterocycles. The van der Waals surface area contributed by atoms with Crippen LogP contribution in [0.15, 0.2) is 58.7 Å². The fraction of sp³-hybridized carbons (Fsp3) is 0.656. The third-order valence-corrected chi connectivity index (χ3v) is 9.34. The van der Waals surface area contributed by atoms with E-state index in [2.05, 4.69) is 26.5 Å². The maximum Gasteiger partial charge on any atom is 0.145 e. The summed E-state index contributed by atoms with van der Waals surface area (Å²) in [5, 5.41) is 43.9. The Kier molecular flexibility index (Phi) is 10.3. The number of aliphatic hydroxyl groups is 4. The van der Waals surface area contributed by atoms with E-state index in [0.29, 0.717) is 32.1 Å². The molecule has 3 aliphatic rings. The Bertz CT molecular complexity index is 948. The molecule has 1 spiro atoms. The van der Waals surface area contributed by atoms with Gasteiger partial charge < -0.3 is 20.4 Å². The molecule has 206 valence electrons. The quantitative estimate of drug-likeness (QED) is 0.170. The highest BCUT2D eigenvalue weighted by molar-refractivity contribution is 5.75. The number of carbonyl (C=O) groups excluding carboxylic acids is 1. The summed E-state index contributed by atoms with van der Waals surface area (Å²) in [5.74, 6) is -0.311. The molecule has 4 N–H and O–H groups in total. The zero-order valence-electron chi connectivity index (χ0n) is 23.1. The molecule has 0 aromatic rings. The van der Waals surface area contributed by atoms with Crippen molar-refractivity contribution in [3.63, 3.8) is 0 Å². The maximum atomic E-state index is 12.1. The van der Waals surface area contributed by atoms with E-state index in [1.807, 2.05) is 25.2 Å². The number of carbonyl (C=O) groups is 1. The summed E-state index contributed by atoms with van der Waals surface area (Å²) >= 11 is 0. The highest BCUT2D eigenvalue weighted by Gasteiger charge is 2.65. The summed E-state index contributed by atoms with van der Waals surface area (Å²) < 4.78 is 0. The van der Waals surface area contributed by atoms with Crippen LogP contribution in [-0.4, -0.2) is 51.6 Å². The Morgan fingerprint density at radius 3 is 2.62 bits per heavy atom. The summed E-state index contributed by atoms with van der Waals surface area (Å²) in [6.45, 7) is 10.0. The average molecular weight is 513 g/mol. The monoisotopic (exact) mass is 512 g/mol. The number of aldehydes is 1. The van der Waals surface area contributed by atoms with Crippen molar-refractivity contribution < 1.29 is 25.2 Å². The van der Waals surface area contributed by atoms with Gasteiger partial charge in [0.1, 0.15) is 6.29 Å². The molecule has 0 unspecified atom stereocenters. The van der Waals surface area contributed by atoms with Crippen LogP contribution in [0.3, 0.4) is 0 Å². The van der Waals surface area contributed by atoms with Crippen molar-refractivity contribution in [1.82, 2.24) is 0 Å². The number of rotatable bonds is 11. The van der Waals surface area contributed by atoms with Crippen LogP contribution in [0.1, 0.15) is 85.0 Å². The molecule has 0 amide bonds. The van der Waals surface area contributed by atoms with Crippen molar-refractivity contribution in [1.29, 1.82) is 0 Å². The van der Waals surface area contributed by atoms with E-state index in [9.17, 15) is 25.2 Å². The Morgan fingerprint density at radius 1 is 1.22 bits per heavy atom. The smallest absolute Gasteiger partial charge is 0.145 e. The standard InChI is InChI=1S/C32H48O5/c1-22(2)9-5-10-23(3)11-6-13-25(20-34)27-16-17-32(30(27)36)28(15-8-18-33)29-24(19-31(32,4)37)12-7-14-26(29)21-35/h6,9,11,13,21,24,27-28,30,33-34,36-37H,3,5,7-8,10,12,14-20H2,1-2,4H3/b11-6-,25-13-/t24-,27-,28-,30+,31+,32+/m0/s1. The molecule has 5 nitrogen and oxygen atoms in total. The Hall–Kier alpha value is -1.79. The number of hydrogen-bond donors (Lipinski definition) is 4. The second kappa shape index (κ2) is 12.8. The Balaban J connectivity index is 1.92. The molecule has 3 aliphatic carbocycles. The maximum absolute atomic E-state index is 12.1. The van der Waals surface area contributed by atoms with Gasteiger partial charge in [-0.1, -0.05) is 47.6 Å². The van der Waals surface area contributed by atoms with Crippen LogP contribution in [0.2, 0.25) is 0 Å². The van der Waals surface area contributed by atoms with Crippen molar-refractivity contribution in [3.8, 4) is 0 Å². The van der Waals surface area contributed by atoms with E-state index in [1.165, 1.54) is 5.57 Å². The molecular formula is C32H48O5. The van der Waals surface area contributed by atoms with Gasteiger partial charge in [-0.2, -0.15) is 0 Å². The zero-order chi connectivity index (χ0) is 27.2. The van der Waals surface area contributed by atoms with Crippen molar-refractivity contribution in [2.45, 2.75) is 96.7 Å². The summed E-state index contributed by atoms with van der Waals surface area (Å²) in [6.07, 6.45) is 15.5. The minimum Gasteiger partial charge on any atom is -0.396 e. The number of fused-ring (bicyclic) bond motifs is 1.